The summed E-state index contributed by atoms with van der Waals surface area (Å²) in [5, 5.41) is 3.56. The van der Waals surface area contributed by atoms with Crippen LogP contribution >= 0.6 is 0 Å². The molecule has 0 spiro atoms. The SMILES string of the molecule is C[Si](C)(C)c1cnc(-c2[c-]cccc2)cc1CC1CCCC1.Cc1ccc2c(n1)oc1c(-c3nc4ccccc4n3-c3c(C)cc(-c4ccccc4)cc3C)[c-]ccc12.[Ir]. The molecule has 0 N–H and O–H groups in total. The summed E-state index contributed by atoms with van der Waals surface area (Å²) >= 11 is 0. The number of furan rings is 1. The first-order valence-corrected chi connectivity index (χ1v) is 24.4. The van der Waals surface area contributed by atoms with Gasteiger partial charge in [-0.3, -0.25) is 4.98 Å². The van der Waals surface area contributed by atoms with Crippen molar-refractivity contribution >= 4 is 46.4 Å². The van der Waals surface area contributed by atoms with Crippen LogP contribution in [0, 0.1) is 38.8 Å². The van der Waals surface area contributed by atoms with Gasteiger partial charge in [-0.1, -0.05) is 110 Å². The predicted molar refractivity (Wildman–Crippen MR) is 247 cm³/mol. The zero-order chi connectivity index (χ0) is 40.7. The summed E-state index contributed by atoms with van der Waals surface area (Å²) in [4.78, 5) is 14.5. The number of nitrogens with zero attached hydrogens (tertiary/aromatic N) is 4. The molecular formula is C53H50IrN4OSi-2. The summed E-state index contributed by atoms with van der Waals surface area (Å²) < 4.78 is 8.60. The van der Waals surface area contributed by atoms with Gasteiger partial charge < -0.3 is 14.0 Å². The Morgan fingerprint density at radius 2 is 1.47 bits per heavy atom. The van der Waals surface area contributed by atoms with Gasteiger partial charge in [-0.05, 0) is 103 Å². The first-order chi connectivity index (χ1) is 28.6. The summed E-state index contributed by atoms with van der Waals surface area (Å²) in [6.07, 6.45) is 9.03. The number of benzene rings is 5. The third-order valence-electron chi connectivity index (χ3n) is 11.8. The number of imidazole rings is 1. The first kappa shape index (κ1) is 41.3. The second-order valence-corrected chi connectivity index (χ2v) is 22.2. The first-order valence-electron chi connectivity index (χ1n) is 20.9. The van der Waals surface area contributed by atoms with Crippen molar-refractivity contribution in [3.63, 3.8) is 0 Å². The Kier molecular flexibility index (Phi) is 11.9. The van der Waals surface area contributed by atoms with Gasteiger partial charge in [-0.2, -0.15) is 0 Å². The molecule has 1 aliphatic rings. The van der Waals surface area contributed by atoms with Crippen LogP contribution in [-0.2, 0) is 26.5 Å². The molecule has 303 valence electrons. The largest absolute Gasteiger partial charge is 0.486 e. The number of aromatic nitrogens is 4. The second kappa shape index (κ2) is 17.3. The molecule has 1 saturated carbocycles. The van der Waals surface area contributed by atoms with Crippen molar-refractivity contribution in [1.82, 2.24) is 19.5 Å². The molecule has 9 aromatic rings. The van der Waals surface area contributed by atoms with Gasteiger partial charge >= 0.3 is 0 Å². The third-order valence-corrected chi connectivity index (χ3v) is 13.9. The summed E-state index contributed by atoms with van der Waals surface area (Å²) in [7, 11) is -1.35. The summed E-state index contributed by atoms with van der Waals surface area (Å²) in [5.41, 5.74) is 14.8. The minimum Gasteiger partial charge on any atom is -0.486 e. The summed E-state index contributed by atoms with van der Waals surface area (Å²) in [6, 6.07) is 48.6. The van der Waals surface area contributed by atoms with E-state index < -0.39 is 8.07 Å². The third kappa shape index (κ3) is 8.19. The molecule has 4 heterocycles. The predicted octanol–water partition coefficient (Wildman–Crippen LogP) is 13.2. The van der Waals surface area contributed by atoms with Gasteiger partial charge in [0.25, 0.3) is 0 Å². The Balaban J connectivity index is 0.000000186. The van der Waals surface area contributed by atoms with Gasteiger partial charge in [0.15, 0.2) is 0 Å². The quantitative estimate of drug-likeness (QED) is 0.118. The van der Waals surface area contributed by atoms with Crippen molar-refractivity contribution in [2.75, 3.05) is 0 Å². The molecule has 0 atom stereocenters. The van der Waals surface area contributed by atoms with Crippen molar-refractivity contribution < 1.29 is 24.5 Å². The molecule has 0 saturated heterocycles. The van der Waals surface area contributed by atoms with Crippen LogP contribution in [0.2, 0.25) is 19.6 Å². The zero-order valence-electron chi connectivity index (χ0n) is 35.3. The van der Waals surface area contributed by atoms with Crippen LogP contribution < -0.4 is 5.19 Å². The van der Waals surface area contributed by atoms with Gasteiger partial charge in [0.05, 0.1) is 30.5 Å². The molecule has 10 rings (SSSR count). The molecule has 4 aromatic heterocycles. The minimum atomic E-state index is -1.35. The molecule has 0 aliphatic heterocycles. The number of hydrogen-bond acceptors (Lipinski definition) is 4. The fourth-order valence-electron chi connectivity index (χ4n) is 8.97. The van der Waals surface area contributed by atoms with Gasteiger partial charge in [-0.25, -0.2) is 4.98 Å². The van der Waals surface area contributed by atoms with E-state index in [-0.39, 0.29) is 20.1 Å². The normalized spacial score (nSPS) is 13.1. The smallest absolute Gasteiger partial charge is 0.216 e. The molecule has 0 bridgehead atoms. The van der Waals surface area contributed by atoms with Crippen LogP contribution in [0.5, 0.6) is 0 Å². The van der Waals surface area contributed by atoms with E-state index in [9.17, 15) is 0 Å². The minimum absolute atomic E-state index is 0. The van der Waals surface area contributed by atoms with E-state index in [0.29, 0.717) is 5.71 Å². The zero-order valence-corrected chi connectivity index (χ0v) is 38.7. The Hall–Kier alpha value is -5.46. The van der Waals surface area contributed by atoms with E-state index in [1.807, 2.05) is 49.4 Å². The van der Waals surface area contributed by atoms with Crippen molar-refractivity contribution in [2.24, 2.45) is 5.92 Å². The van der Waals surface area contributed by atoms with Crippen LogP contribution in [0.4, 0.5) is 0 Å². The molecule has 1 aliphatic carbocycles. The van der Waals surface area contributed by atoms with Gasteiger partial charge in [-0.15, -0.1) is 54.1 Å². The molecule has 5 aromatic carbocycles. The summed E-state index contributed by atoms with van der Waals surface area (Å²) in [5.74, 6) is 1.69. The van der Waals surface area contributed by atoms with Crippen LogP contribution in [0.25, 0.3) is 72.6 Å². The van der Waals surface area contributed by atoms with Crippen molar-refractivity contribution in [2.45, 2.75) is 72.5 Å². The van der Waals surface area contributed by atoms with Crippen LogP contribution in [0.1, 0.15) is 48.1 Å². The number of aryl methyl sites for hydroxylation is 3. The maximum atomic E-state index is 6.35. The number of para-hydroxylation sites is 2. The van der Waals surface area contributed by atoms with E-state index in [1.165, 1.54) is 54.4 Å². The number of rotatable bonds is 7. The molecule has 1 radical (unpaired) electrons. The Morgan fingerprint density at radius 3 is 2.20 bits per heavy atom. The number of pyridine rings is 2. The van der Waals surface area contributed by atoms with Crippen molar-refractivity contribution in [3.8, 4) is 39.5 Å². The van der Waals surface area contributed by atoms with Gasteiger partial charge in [0, 0.05) is 43.1 Å². The van der Waals surface area contributed by atoms with E-state index in [2.05, 4.69) is 140 Å². The molecule has 7 heteroatoms. The molecular weight excluding hydrogens is 929 g/mol. The second-order valence-electron chi connectivity index (χ2n) is 17.2. The van der Waals surface area contributed by atoms with Gasteiger partial charge in [0.2, 0.25) is 5.71 Å². The monoisotopic (exact) mass is 979 g/mol. The Bertz CT molecular complexity index is 2920. The topological polar surface area (TPSA) is 56.7 Å². The standard InChI is InChI=1S/C33H24N3O.C20H26NSi.Ir/c1-20-18-24(23-10-5-4-6-11-23)19-21(2)30(20)36-29-15-8-7-14-28(29)35-32(36)27-13-9-12-25-26-17-16-22(3)34-33(26)37-31(25)27;1-22(2,3)20-15-21-19(17-11-5-4-6-12-17)14-18(20)13-16-9-7-8-10-16;/h4-12,14-19H,1-3H3;4-6,11,14-16H,7-10,13H2,1-3H3;/q2*-1;. The maximum absolute atomic E-state index is 6.35. The molecule has 0 unspecified atom stereocenters. The van der Waals surface area contributed by atoms with Crippen LogP contribution in [-0.4, -0.2) is 27.6 Å². The fraction of sp³-hybridized carbons (Fsp3) is 0.226. The molecule has 1 fully saturated rings. The maximum Gasteiger partial charge on any atom is 0.216 e. The Labute approximate surface area is 368 Å². The van der Waals surface area contributed by atoms with E-state index in [0.717, 1.165) is 67.3 Å². The van der Waals surface area contributed by atoms with E-state index in [1.54, 1.807) is 10.8 Å². The fourth-order valence-corrected chi connectivity index (χ4v) is 10.6. The number of fused-ring (bicyclic) bond motifs is 4. The molecule has 5 nitrogen and oxygen atoms in total. The molecule has 0 amide bonds. The van der Waals surface area contributed by atoms with E-state index in [4.69, 9.17) is 14.4 Å². The summed E-state index contributed by atoms with van der Waals surface area (Å²) in [6.45, 7) is 13.6. The van der Waals surface area contributed by atoms with E-state index >= 15 is 0 Å². The molecule has 60 heavy (non-hydrogen) atoms. The average molecular weight is 979 g/mol. The van der Waals surface area contributed by atoms with Crippen molar-refractivity contribution in [3.05, 3.63) is 162 Å². The number of hydrogen-bond donors (Lipinski definition) is 0. The Morgan fingerprint density at radius 1 is 0.733 bits per heavy atom. The van der Waals surface area contributed by atoms with Crippen LogP contribution in [0.3, 0.4) is 0 Å². The van der Waals surface area contributed by atoms with Crippen LogP contribution in [0.15, 0.2) is 132 Å². The average Bonchev–Trinajstić information content (AvgIpc) is 3.99. The van der Waals surface area contributed by atoms with Crippen molar-refractivity contribution in [1.29, 1.82) is 0 Å². The van der Waals surface area contributed by atoms with Gasteiger partial charge in [0.1, 0.15) is 0 Å².